The topological polar surface area (TPSA) is 78.9 Å². The van der Waals surface area contributed by atoms with Gasteiger partial charge in [-0.25, -0.2) is 13.6 Å². The van der Waals surface area contributed by atoms with Crippen molar-refractivity contribution in [3.8, 4) is 0 Å². The maximum atomic E-state index is 14.0. The van der Waals surface area contributed by atoms with Crippen LogP contribution in [0.4, 0.5) is 19.3 Å². The fourth-order valence-electron chi connectivity index (χ4n) is 3.00. The van der Waals surface area contributed by atoms with Gasteiger partial charge in [-0.1, -0.05) is 22.0 Å². The van der Waals surface area contributed by atoms with Crippen LogP contribution in [0.1, 0.15) is 48.5 Å². The Morgan fingerprint density at radius 2 is 1.97 bits per heavy atom. The lowest BCUT2D eigenvalue weighted by Gasteiger charge is -2.23. The summed E-state index contributed by atoms with van der Waals surface area (Å²) in [5.74, 6) is -2.12. The summed E-state index contributed by atoms with van der Waals surface area (Å²) in [7, 11) is 0. The highest BCUT2D eigenvalue weighted by atomic mass is 79.9. The molecule has 0 aliphatic carbocycles. The molecule has 29 heavy (non-hydrogen) atoms. The zero-order valence-corrected chi connectivity index (χ0v) is 17.5. The fraction of sp³-hybridized carbons (Fsp3) is 0.300. The van der Waals surface area contributed by atoms with Crippen molar-refractivity contribution in [2.24, 2.45) is 0 Å². The number of amides is 2. The number of benzene rings is 2. The quantitative estimate of drug-likeness (QED) is 0.682. The smallest absolute Gasteiger partial charge is 0.412 e. The Kier molecular flexibility index (Phi) is 5.64. The molecule has 2 aromatic rings. The van der Waals surface area contributed by atoms with Gasteiger partial charge in [0.15, 0.2) is 6.23 Å². The number of nitrogens with zero attached hydrogens (tertiary/aromatic N) is 1. The van der Waals surface area contributed by atoms with Gasteiger partial charge < -0.3 is 14.7 Å². The number of rotatable bonds is 3. The molecule has 6 nitrogen and oxygen atoms in total. The molecule has 0 spiro atoms. The van der Waals surface area contributed by atoms with Crippen molar-refractivity contribution < 1.29 is 28.2 Å². The van der Waals surface area contributed by atoms with Crippen LogP contribution in [0.3, 0.4) is 0 Å². The Labute approximate surface area is 174 Å². The van der Waals surface area contributed by atoms with Crippen LogP contribution in [0.25, 0.3) is 0 Å². The Hall–Kier alpha value is -2.52. The minimum atomic E-state index is -1.43. The molecule has 2 aromatic carbocycles. The van der Waals surface area contributed by atoms with Gasteiger partial charge in [-0.05, 0) is 39.0 Å². The van der Waals surface area contributed by atoms with Crippen molar-refractivity contribution in [1.82, 2.24) is 4.90 Å². The zero-order chi connectivity index (χ0) is 21.5. The Bertz CT molecular complexity index is 991. The molecule has 2 amide bonds. The highest BCUT2D eigenvalue weighted by molar-refractivity contribution is 9.10. The molecular weight excluding hydrogens is 450 g/mol. The van der Waals surface area contributed by atoms with Crippen LogP contribution in [-0.2, 0) is 11.3 Å². The highest BCUT2D eigenvalue weighted by Crippen LogP contribution is 2.40. The van der Waals surface area contributed by atoms with Gasteiger partial charge >= 0.3 is 6.09 Å². The van der Waals surface area contributed by atoms with Crippen molar-refractivity contribution in [2.75, 3.05) is 5.32 Å². The third-order valence-corrected chi connectivity index (χ3v) is 4.64. The summed E-state index contributed by atoms with van der Waals surface area (Å²) < 4.78 is 32.9. The zero-order valence-electron chi connectivity index (χ0n) is 15.9. The van der Waals surface area contributed by atoms with E-state index in [1.165, 1.54) is 18.2 Å². The fourth-order valence-corrected chi connectivity index (χ4v) is 3.46. The molecule has 0 fully saturated rings. The first-order chi connectivity index (χ1) is 13.5. The summed E-state index contributed by atoms with van der Waals surface area (Å²) in [6.45, 7) is 4.84. The molecule has 0 aromatic heterocycles. The Balaban J connectivity index is 1.92. The van der Waals surface area contributed by atoms with E-state index in [1.54, 1.807) is 20.8 Å². The third-order valence-electron chi connectivity index (χ3n) is 4.18. The molecule has 0 radical (unpaired) electrons. The first kappa shape index (κ1) is 21.2. The number of fused-ring (bicyclic) bond motifs is 1. The van der Waals surface area contributed by atoms with Gasteiger partial charge in [0, 0.05) is 21.7 Å². The number of ether oxygens (including phenoxy) is 1. The van der Waals surface area contributed by atoms with E-state index in [0.29, 0.717) is 10.5 Å². The average molecular weight is 469 g/mol. The van der Waals surface area contributed by atoms with Gasteiger partial charge in [-0.2, -0.15) is 0 Å². The van der Waals surface area contributed by atoms with Crippen LogP contribution in [0.5, 0.6) is 0 Å². The van der Waals surface area contributed by atoms with Crippen LogP contribution in [0.2, 0.25) is 0 Å². The molecule has 154 valence electrons. The summed E-state index contributed by atoms with van der Waals surface area (Å²) in [6.07, 6.45) is -2.18. The second-order valence-corrected chi connectivity index (χ2v) is 8.50. The number of hydrogen-bond donors (Lipinski definition) is 2. The average Bonchev–Trinajstić information content (AvgIpc) is 2.80. The van der Waals surface area contributed by atoms with Gasteiger partial charge in [0.25, 0.3) is 5.91 Å². The number of halogens is 3. The molecule has 3 rings (SSSR count). The predicted octanol–water partition coefficient (Wildman–Crippen LogP) is 4.72. The summed E-state index contributed by atoms with van der Waals surface area (Å²) in [5, 5.41) is 13.3. The van der Waals surface area contributed by atoms with Gasteiger partial charge in [-0.15, -0.1) is 0 Å². The van der Waals surface area contributed by atoms with E-state index in [2.05, 4.69) is 21.2 Å². The second-order valence-electron chi connectivity index (χ2n) is 7.58. The molecular formula is C20H19BrF2N2O4. The molecule has 1 atom stereocenters. The van der Waals surface area contributed by atoms with E-state index >= 15 is 0 Å². The van der Waals surface area contributed by atoms with Gasteiger partial charge in [0.1, 0.15) is 17.2 Å². The molecule has 1 heterocycles. The number of aliphatic hydroxyl groups excluding tert-OH is 1. The normalized spacial score (nSPS) is 16.0. The minimum Gasteiger partial charge on any atom is -0.444 e. The van der Waals surface area contributed by atoms with Crippen LogP contribution in [-0.4, -0.2) is 27.6 Å². The van der Waals surface area contributed by atoms with Crippen molar-refractivity contribution >= 4 is 33.6 Å². The van der Waals surface area contributed by atoms with Gasteiger partial charge in [0.05, 0.1) is 17.8 Å². The van der Waals surface area contributed by atoms with Gasteiger partial charge in [-0.3, -0.25) is 10.1 Å². The number of aliphatic hydroxyl groups is 1. The van der Waals surface area contributed by atoms with Crippen LogP contribution >= 0.6 is 15.9 Å². The lowest BCUT2D eigenvalue weighted by Crippen LogP contribution is -2.29. The van der Waals surface area contributed by atoms with E-state index < -0.39 is 35.5 Å². The van der Waals surface area contributed by atoms with Crippen molar-refractivity contribution in [3.05, 3.63) is 63.1 Å². The van der Waals surface area contributed by atoms with Crippen LogP contribution < -0.4 is 5.32 Å². The second kappa shape index (κ2) is 7.72. The molecule has 0 bridgehead atoms. The monoisotopic (exact) mass is 468 g/mol. The SMILES string of the molecule is CC(C)(C)OC(=O)Nc1cc(Br)cc2c1C(O)N(Cc1ccc(F)cc1F)C2=O. The lowest BCUT2D eigenvalue weighted by atomic mass is 10.1. The maximum Gasteiger partial charge on any atom is 0.412 e. The van der Waals surface area contributed by atoms with E-state index in [1.807, 2.05) is 0 Å². The molecule has 0 saturated carbocycles. The van der Waals surface area contributed by atoms with Crippen molar-refractivity contribution in [2.45, 2.75) is 39.1 Å². The highest BCUT2D eigenvalue weighted by Gasteiger charge is 2.38. The number of carbonyl (C=O) groups excluding carboxylic acids is 2. The number of nitrogens with one attached hydrogen (secondary N) is 1. The maximum absolute atomic E-state index is 14.0. The Morgan fingerprint density at radius 3 is 2.59 bits per heavy atom. The minimum absolute atomic E-state index is 0.0484. The summed E-state index contributed by atoms with van der Waals surface area (Å²) in [4.78, 5) is 26.0. The first-order valence-corrected chi connectivity index (χ1v) is 9.52. The van der Waals surface area contributed by atoms with Crippen molar-refractivity contribution in [3.63, 3.8) is 0 Å². The Morgan fingerprint density at radius 1 is 1.28 bits per heavy atom. The molecule has 1 aliphatic heterocycles. The van der Waals surface area contributed by atoms with E-state index in [4.69, 9.17) is 4.74 Å². The van der Waals surface area contributed by atoms with E-state index in [9.17, 15) is 23.5 Å². The van der Waals surface area contributed by atoms with Crippen LogP contribution in [0.15, 0.2) is 34.8 Å². The lowest BCUT2D eigenvalue weighted by molar-refractivity contribution is 0.0136. The van der Waals surface area contributed by atoms with Gasteiger partial charge in [0.2, 0.25) is 0 Å². The van der Waals surface area contributed by atoms with E-state index in [0.717, 1.165) is 11.0 Å². The third kappa shape index (κ3) is 4.56. The van der Waals surface area contributed by atoms with E-state index in [-0.39, 0.29) is 28.9 Å². The summed E-state index contributed by atoms with van der Waals surface area (Å²) in [5.41, 5.74) is -0.175. The van der Waals surface area contributed by atoms with Crippen molar-refractivity contribution in [1.29, 1.82) is 0 Å². The first-order valence-electron chi connectivity index (χ1n) is 8.72. The standard InChI is InChI=1S/C20H19BrF2N2O4/c1-20(2,3)29-19(28)24-15-7-11(21)6-13-16(15)18(27)25(17(13)26)9-10-4-5-12(22)8-14(10)23/h4-8,18,27H,9H2,1-3H3,(H,24,28). The number of anilines is 1. The number of carbonyl (C=O) groups is 2. The number of hydrogen-bond acceptors (Lipinski definition) is 4. The molecule has 1 aliphatic rings. The molecule has 1 unspecified atom stereocenters. The molecule has 2 N–H and O–H groups in total. The summed E-state index contributed by atoms with van der Waals surface area (Å²) >= 11 is 3.27. The summed E-state index contributed by atoms with van der Waals surface area (Å²) in [6, 6.07) is 6.03. The van der Waals surface area contributed by atoms with Crippen LogP contribution in [0, 0.1) is 11.6 Å². The predicted molar refractivity (Wildman–Crippen MR) is 105 cm³/mol. The largest absolute Gasteiger partial charge is 0.444 e. The molecule has 9 heteroatoms. The molecule has 0 saturated heterocycles.